The van der Waals surface area contributed by atoms with E-state index in [0.717, 1.165) is 51.4 Å². The Hall–Kier alpha value is -1.06. The van der Waals surface area contributed by atoms with E-state index < -0.39 is 5.97 Å². The van der Waals surface area contributed by atoms with Crippen molar-refractivity contribution < 1.29 is 19.4 Å². The van der Waals surface area contributed by atoms with Crippen LogP contribution >= 0.6 is 0 Å². The van der Waals surface area contributed by atoms with E-state index in [1.807, 2.05) is 13.8 Å². The van der Waals surface area contributed by atoms with Gasteiger partial charge in [-0.3, -0.25) is 9.59 Å². The smallest absolute Gasteiger partial charge is 0.306 e. The van der Waals surface area contributed by atoms with Gasteiger partial charge in [0.15, 0.2) is 0 Å². The van der Waals surface area contributed by atoms with E-state index in [9.17, 15) is 9.59 Å². The molecule has 0 atom stereocenters. The fourth-order valence-corrected chi connectivity index (χ4v) is 2.46. The molecule has 0 aromatic rings. The van der Waals surface area contributed by atoms with Gasteiger partial charge in [0.05, 0.1) is 0 Å². The largest absolute Gasteiger partial charge is 0.481 e. The van der Waals surface area contributed by atoms with Crippen LogP contribution in [0.3, 0.4) is 0 Å². The van der Waals surface area contributed by atoms with Crippen LogP contribution in [-0.4, -0.2) is 22.6 Å². The maximum atomic E-state index is 11.8. The van der Waals surface area contributed by atoms with Crippen LogP contribution in [0.15, 0.2) is 0 Å². The van der Waals surface area contributed by atoms with E-state index in [2.05, 4.69) is 6.92 Å². The first kappa shape index (κ1) is 20.9. The van der Waals surface area contributed by atoms with Crippen molar-refractivity contribution in [3.8, 4) is 0 Å². The number of rotatable bonds is 14. The lowest BCUT2D eigenvalue weighted by atomic mass is 10.0. The molecule has 0 aromatic carbocycles. The van der Waals surface area contributed by atoms with E-state index in [1.54, 1.807) is 0 Å². The van der Waals surface area contributed by atoms with Gasteiger partial charge in [-0.15, -0.1) is 0 Å². The van der Waals surface area contributed by atoms with Crippen LogP contribution in [-0.2, 0) is 14.3 Å². The summed E-state index contributed by atoms with van der Waals surface area (Å²) in [5.74, 6) is -0.809. The summed E-state index contributed by atoms with van der Waals surface area (Å²) < 4.78 is 5.55. The van der Waals surface area contributed by atoms with Crippen LogP contribution in [0.2, 0.25) is 0 Å². The van der Waals surface area contributed by atoms with E-state index in [0.29, 0.717) is 6.42 Å². The van der Waals surface area contributed by atoms with Crippen LogP contribution in [0.4, 0.5) is 0 Å². The molecule has 22 heavy (non-hydrogen) atoms. The number of unbranched alkanes of at least 4 members (excludes halogenated alkanes) is 7. The lowest BCUT2D eigenvalue weighted by molar-refractivity contribution is -0.157. The molecular weight excluding hydrogens is 280 g/mol. The van der Waals surface area contributed by atoms with Gasteiger partial charge in [0.25, 0.3) is 0 Å². The van der Waals surface area contributed by atoms with Crippen LogP contribution in [0.25, 0.3) is 0 Å². The Morgan fingerprint density at radius 2 is 1.41 bits per heavy atom. The second-order valence-corrected chi connectivity index (χ2v) is 6.71. The van der Waals surface area contributed by atoms with E-state index in [-0.39, 0.29) is 18.0 Å². The molecule has 130 valence electrons. The molecular formula is C18H34O4. The first-order valence-electron chi connectivity index (χ1n) is 8.81. The minimum atomic E-state index is -0.718. The number of carboxylic acid groups (broad SMARTS) is 1. The molecule has 4 heteroatoms. The standard InChI is InChI=1S/C18H34O4/c1-4-5-12-15-18(2,3)22-17(21)14-11-9-7-6-8-10-13-16(19)20/h4-15H2,1-3H3,(H,19,20). The third-order valence-electron chi connectivity index (χ3n) is 3.79. The molecule has 0 aliphatic rings. The average molecular weight is 314 g/mol. The fourth-order valence-electron chi connectivity index (χ4n) is 2.46. The van der Waals surface area contributed by atoms with E-state index >= 15 is 0 Å². The summed E-state index contributed by atoms with van der Waals surface area (Å²) >= 11 is 0. The molecule has 0 saturated carbocycles. The first-order chi connectivity index (χ1) is 10.4. The Kier molecular flexibility index (Phi) is 11.9. The molecule has 0 unspecified atom stereocenters. The summed E-state index contributed by atoms with van der Waals surface area (Å²) in [7, 11) is 0. The quantitative estimate of drug-likeness (QED) is 0.358. The van der Waals surface area contributed by atoms with Crippen molar-refractivity contribution in [2.45, 2.75) is 103 Å². The van der Waals surface area contributed by atoms with Crippen molar-refractivity contribution in [3.05, 3.63) is 0 Å². The number of esters is 1. The van der Waals surface area contributed by atoms with E-state index in [1.165, 1.54) is 12.8 Å². The minimum Gasteiger partial charge on any atom is -0.481 e. The predicted molar refractivity (Wildman–Crippen MR) is 88.9 cm³/mol. The topological polar surface area (TPSA) is 63.6 Å². The summed E-state index contributed by atoms with van der Waals surface area (Å²) in [6, 6.07) is 0. The zero-order valence-electron chi connectivity index (χ0n) is 14.7. The maximum absolute atomic E-state index is 11.8. The van der Waals surface area contributed by atoms with Crippen molar-refractivity contribution in [1.82, 2.24) is 0 Å². The van der Waals surface area contributed by atoms with Crippen LogP contribution in [0, 0.1) is 0 Å². The third-order valence-corrected chi connectivity index (χ3v) is 3.79. The lowest BCUT2D eigenvalue weighted by Gasteiger charge is -2.25. The summed E-state index contributed by atoms with van der Waals surface area (Å²) in [6.45, 7) is 6.15. The Bertz CT molecular complexity index is 310. The highest BCUT2D eigenvalue weighted by Gasteiger charge is 2.21. The molecule has 0 aliphatic carbocycles. The Balaban J connectivity index is 3.54. The number of carboxylic acids is 1. The molecule has 0 aromatic heterocycles. The Morgan fingerprint density at radius 1 is 0.864 bits per heavy atom. The van der Waals surface area contributed by atoms with Crippen LogP contribution in [0.5, 0.6) is 0 Å². The third kappa shape index (κ3) is 13.9. The van der Waals surface area contributed by atoms with Crippen LogP contribution < -0.4 is 0 Å². The summed E-state index contributed by atoms with van der Waals surface area (Å²) in [5, 5.41) is 8.52. The molecule has 0 spiro atoms. The van der Waals surface area contributed by atoms with Gasteiger partial charge in [-0.25, -0.2) is 0 Å². The minimum absolute atomic E-state index is 0.0904. The Labute approximate surface area is 135 Å². The second kappa shape index (κ2) is 12.5. The first-order valence-corrected chi connectivity index (χ1v) is 8.81. The summed E-state index contributed by atoms with van der Waals surface area (Å²) in [4.78, 5) is 22.2. The van der Waals surface area contributed by atoms with Gasteiger partial charge >= 0.3 is 11.9 Å². The van der Waals surface area contributed by atoms with Gasteiger partial charge in [-0.1, -0.05) is 45.4 Å². The molecule has 0 radical (unpaired) electrons. The van der Waals surface area contributed by atoms with Crippen LogP contribution in [0.1, 0.15) is 97.8 Å². The monoisotopic (exact) mass is 314 g/mol. The molecule has 4 nitrogen and oxygen atoms in total. The zero-order valence-corrected chi connectivity index (χ0v) is 14.7. The fraction of sp³-hybridized carbons (Fsp3) is 0.889. The number of carbonyl (C=O) groups is 2. The molecule has 0 aliphatic heterocycles. The Morgan fingerprint density at radius 3 is 1.95 bits per heavy atom. The lowest BCUT2D eigenvalue weighted by Crippen LogP contribution is -2.27. The highest BCUT2D eigenvalue weighted by molar-refractivity contribution is 5.69. The highest BCUT2D eigenvalue weighted by Crippen LogP contribution is 2.20. The summed E-state index contributed by atoms with van der Waals surface area (Å²) in [6.07, 6.45) is 10.8. The number of hydrogen-bond acceptors (Lipinski definition) is 3. The zero-order chi connectivity index (χ0) is 16.8. The maximum Gasteiger partial charge on any atom is 0.306 e. The highest BCUT2D eigenvalue weighted by atomic mass is 16.6. The van der Waals surface area contributed by atoms with Crippen molar-refractivity contribution in [2.24, 2.45) is 0 Å². The molecule has 0 amide bonds. The molecule has 0 fully saturated rings. The number of ether oxygens (including phenoxy) is 1. The molecule has 1 N–H and O–H groups in total. The number of hydrogen-bond donors (Lipinski definition) is 1. The SMILES string of the molecule is CCCCCC(C)(C)OC(=O)CCCCCCCCC(=O)O. The predicted octanol–water partition coefficient (Wildman–Crippen LogP) is 5.09. The van der Waals surface area contributed by atoms with Crippen molar-refractivity contribution in [2.75, 3.05) is 0 Å². The van der Waals surface area contributed by atoms with Gasteiger partial charge in [0.2, 0.25) is 0 Å². The van der Waals surface area contributed by atoms with Crippen molar-refractivity contribution in [3.63, 3.8) is 0 Å². The molecule has 0 heterocycles. The molecule has 0 bridgehead atoms. The van der Waals surface area contributed by atoms with Gasteiger partial charge in [-0.2, -0.15) is 0 Å². The van der Waals surface area contributed by atoms with Crippen molar-refractivity contribution >= 4 is 11.9 Å². The second-order valence-electron chi connectivity index (χ2n) is 6.71. The molecule has 0 rings (SSSR count). The average Bonchev–Trinajstić information content (AvgIpc) is 2.41. The van der Waals surface area contributed by atoms with E-state index in [4.69, 9.17) is 9.84 Å². The van der Waals surface area contributed by atoms with Gasteiger partial charge in [-0.05, 0) is 39.5 Å². The molecule has 0 saturated heterocycles. The van der Waals surface area contributed by atoms with Crippen molar-refractivity contribution in [1.29, 1.82) is 0 Å². The number of aliphatic carboxylic acids is 1. The summed E-state index contributed by atoms with van der Waals surface area (Å²) in [5.41, 5.74) is -0.344. The number of carbonyl (C=O) groups excluding carboxylic acids is 1. The van der Waals surface area contributed by atoms with Gasteiger partial charge in [0.1, 0.15) is 5.60 Å². The normalized spacial score (nSPS) is 11.4. The van der Waals surface area contributed by atoms with Gasteiger partial charge < -0.3 is 9.84 Å². The van der Waals surface area contributed by atoms with Gasteiger partial charge in [0, 0.05) is 12.8 Å².